The molecule has 0 unspecified atom stereocenters. The minimum Gasteiger partial charge on any atom is -0.464 e. The van der Waals surface area contributed by atoms with Crippen LogP contribution < -0.4 is 5.32 Å². The Labute approximate surface area is 130 Å². The summed E-state index contributed by atoms with van der Waals surface area (Å²) in [4.78, 5) is 12.5. The van der Waals surface area contributed by atoms with Gasteiger partial charge in [0.2, 0.25) is 0 Å². The highest BCUT2D eigenvalue weighted by Crippen LogP contribution is 2.36. The number of benzene rings is 1. The van der Waals surface area contributed by atoms with E-state index < -0.39 is 5.54 Å². The molecule has 1 aromatic carbocycles. The van der Waals surface area contributed by atoms with Crippen LogP contribution in [0.1, 0.15) is 32.6 Å². The molecule has 0 atom stereocenters. The lowest BCUT2D eigenvalue weighted by Gasteiger charge is -2.39. The van der Waals surface area contributed by atoms with Crippen molar-refractivity contribution in [1.29, 1.82) is 0 Å². The van der Waals surface area contributed by atoms with Crippen LogP contribution in [0.2, 0.25) is 5.02 Å². The van der Waals surface area contributed by atoms with Gasteiger partial charge in [-0.1, -0.05) is 23.7 Å². The van der Waals surface area contributed by atoms with Crippen molar-refractivity contribution in [3.05, 3.63) is 29.3 Å². The molecule has 1 aromatic rings. The van der Waals surface area contributed by atoms with E-state index in [9.17, 15) is 4.79 Å². The normalized spacial score (nSPS) is 25.4. The first-order valence-electron chi connectivity index (χ1n) is 7.34. The molecule has 116 valence electrons. The third-order valence-electron chi connectivity index (χ3n) is 4.03. The lowest BCUT2D eigenvalue weighted by atomic mass is 9.80. The predicted octanol–water partition coefficient (Wildman–Crippen LogP) is 3.64. The predicted molar refractivity (Wildman–Crippen MR) is 83.7 cm³/mol. The number of ether oxygens (including phenoxy) is 2. The average Bonchev–Trinajstić information content (AvgIpc) is 2.50. The van der Waals surface area contributed by atoms with E-state index >= 15 is 0 Å². The number of hydrogen-bond donors (Lipinski definition) is 1. The molecular weight excluding hydrogens is 290 g/mol. The molecule has 4 nitrogen and oxygen atoms in total. The van der Waals surface area contributed by atoms with Crippen LogP contribution in [0.5, 0.6) is 0 Å². The first-order chi connectivity index (χ1) is 10.1. The van der Waals surface area contributed by atoms with E-state index in [1.165, 1.54) is 0 Å². The standard InChI is InChI=1S/C16H22ClNO3/c1-3-21-15(19)16(10-8-12(20-2)9-11-16)18-14-7-5-4-6-13(14)17/h4-7,12,18H,3,8-11H2,1-2H3. The number of halogens is 1. The molecule has 2 rings (SSSR count). The number of anilines is 1. The van der Waals surface area contributed by atoms with Gasteiger partial charge in [0.05, 0.1) is 23.4 Å². The summed E-state index contributed by atoms with van der Waals surface area (Å²) in [6.07, 6.45) is 3.21. The van der Waals surface area contributed by atoms with E-state index in [0.717, 1.165) is 18.5 Å². The lowest BCUT2D eigenvalue weighted by Crippen LogP contribution is -2.51. The Kier molecular flexibility index (Phi) is 5.48. The van der Waals surface area contributed by atoms with Crippen molar-refractivity contribution in [3.63, 3.8) is 0 Å². The maximum absolute atomic E-state index is 12.5. The molecule has 0 heterocycles. The number of esters is 1. The van der Waals surface area contributed by atoms with Gasteiger partial charge in [-0.2, -0.15) is 0 Å². The molecule has 1 saturated carbocycles. The van der Waals surface area contributed by atoms with Crippen LogP contribution in [0.3, 0.4) is 0 Å². The second-order valence-corrected chi connectivity index (χ2v) is 5.75. The number of nitrogens with one attached hydrogen (secondary N) is 1. The van der Waals surface area contributed by atoms with Crippen molar-refractivity contribution >= 4 is 23.3 Å². The zero-order valence-corrected chi connectivity index (χ0v) is 13.3. The van der Waals surface area contributed by atoms with Crippen molar-refractivity contribution in [2.24, 2.45) is 0 Å². The number of hydrogen-bond acceptors (Lipinski definition) is 4. The Morgan fingerprint density at radius 2 is 2.05 bits per heavy atom. The van der Waals surface area contributed by atoms with Gasteiger partial charge in [-0.3, -0.25) is 0 Å². The van der Waals surface area contributed by atoms with Crippen LogP contribution in [-0.4, -0.2) is 31.3 Å². The highest BCUT2D eigenvalue weighted by Gasteiger charge is 2.43. The molecule has 0 amide bonds. The number of carbonyl (C=O) groups is 1. The largest absolute Gasteiger partial charge is 0.464 e. The Morgan fingerprint density at radius 3 is 2.62 bits per heavy atom. The Balaban J connectivity index is 2.21. The molecule has 0 saturated heterocycles. The first kappa shape index (κ1) is 16.1. The van der Waals surface area contributed by atoms with Crippen LogP contribution in [0.15, 0.2) is 24.3 Å². The Bertz CT molecular complexity index is 484. The molecule has 5 heteroatoms. The smallest absolute Gasteiger partial charge is 0.331 e. The van der Waals surface area contributed by atoms with Gasteiger partial charge in [0.25, 0.3) is 0 Å². The summed E-state index contributed by atoms with van der Waals surface area (Å²) < 4.78 is 10.7. The second-order valence-electron chi connectivity index (χ2n) is 5.34. The first-order valence-corrected chi connectivity index (χ1v) is 7.72. The zero-order valence-electron chi connectivity index (χ0n) is 12.5. The zero-order chi connectivity index (χ0) is 15.3. The topological polar surface area (TPSA) is 47.6 Å². The van der Waals surface area contributed by atoms with E-state index in [1.54, 1.807) is 7.11 Å². The summed E-state index contributed by atoms with van der Waals surface area (Å²) in [6.45, 7) is 2.19. The Hall–Kier alpha value is -1.26. The third kappa shape index (κ3) is 3.69. The van der Waals surface area contributed by atoms with Crippen LogP contribution in [0.4, 0.5) is 5.69 Å². The van der Waals surface area contributed by atoms with Crippen molar-refractivity contribution in [3.8, 4) is 0 Å². The molecule has 1 fully saturated rings. The number of methoxy groups -OCH3 is 1. The molecular formula is C16H22ClNO3. The molecule has 0 spiro atoms. The molecule has 0 aromatic heterocycles. The highest BCUT2D eigenvalue weighted by molar-refractivity contribution is 6.33. The van der Waals surface area contributed by atoms with E-state index in [2.05, 4.69) is 5.32 Å². The highest BCUT2D eigenvalue weighted by atomic mass is 35.5. The van der Waals surface area contributed by atoms with Crippen molar-refractivity contribution in [2.75, 3.05) is 19.0 Å². The molecule has 1 aliphatic carbocycles. The van der Waals surface area contributed by atoms with Gasteiger partial charge >= 0.3 is 5.97 Å². The van der Waals surface area contributed by atoms with Crippen molar-refractivity contribution < 1.29 is 14.3 Å². The number of carbonyl (C=O) groups excluding carboxylic acids is 1. The van der Waals surface area contributed by atoms with Gasteiger partial charge in [0.15, 0.2) is 0 Å². The lowest BCUT2D eigenvalue weighted by molar-refractivity contribution is -0.150. The maximum atomic E-state index is 12.5. The third-order valence-corrected chi connectivity index (χ3v) is 4.36. The summed E-state index contributed by atoms with van der Waals surface area (Å²) in [6, 6.07) is 7.45. The molecule has 0 bridgehead atoms. The SMILES string of the molecule is CCOC(=O)C1(Nc2ccccc2Cl)CCC(OC)CC1. The molecule has 1 N–H and O–H groups in total. The van der Waals surface area contributed by atoms with Crippen LogP contribution in [0, 0.1) is 0 Å². The van der Waals surface area contributed by atoms with E-state index in [1.807, 2.05) is 31.2 Å². The van der Waals surface area contributed by atoms with Gasteiger partial charge < -0.3 is 14.8 Å². The molecule has 21 heavy (non-hydrogen) atoms. The van der Waals surface area contributed by atoms with E-state index in [4.69, 9.17) is 21.1 Å². The monoisotopic (exact) mass is 311 g/mol. The van der Waals surface area contributed by atoms with E-state index in [-0.39, 0.29) is 12.1 Å². The molecule has 0 aliphatic heterocycles. The van der Waals surface area contributed by atoms with Gasteiger partial charge in [-0.25, -0.2) is 4.79 Å². The van der Waals surface area contributed by atoms with Gasteiger partial charge in [0.1, 0.15) is 5.54 Å². The van der Waals surface area contributed by atoms with Crippen molar-refractivity contribution in [1.82, 2.24) is 0 Å². The summed E-state index contributed by atoms with van der Waals surface area (Å²) in [5.74, 6) is -0.209. The summed E-state index contributed by atoms with van der Waals surface area (Å²) in [5.41, 5.74) is 0.0545. The van der Waals surface area contributed by atoms with Crippen LogP contribution in [-0.2, 0) is 14.3 Å². The molecule has 1 aliphatic rings. The quantitative estimate of drug-likeness (QED) is 0.843. The fourth-order valence-electron chi connectivity index (χ4n) is 2.79. The minimum atomic E-state index is -0.712. The fraction of sp³-hybridized carbons (Fsp3) is 0.562. The van der Waals surface area contributed by atoms with E-state index in [0.29, 0.717) is 24.5 Å². The Morgan fingerprint density at radius 1 is 1.38 bits per heavy atom. The summed E-state index contributed by atoms with van der Waals surface area (Å²) in [7, 11) is 1.71. The van der Waals surface area contributed by atoms with Gasteiger partial charge in [-0.05, 0) is 44.7 Å². The number of para-hydroxylation sites is 1. The number of rotatable bonds is 5. The molecule has 0 radical (unpaired) electrons. The van der Waals surface area contributed by atoms with Gasteiger partial charge in [-0.15, -0.1) is 0 Å². The average molecular weight is 312 g/mol. The summed E-state index contributed by atoms with van der Waals surface area (Å²) in [5, 5.41) is 3.94. The second kappa shape index (κ2) is 7.14. The van der Waals surface area contributed by atoms with Crippen LogP contribution >= 0.6 is 11.6 Å². The van der Waals surface area contributed by atoms with Crippen molar-refractivity contribution in [2.45, 2.75) is 44.2 Å². The minimum absolute atomic E-state index is 0.209. The maximum Gasteiger partial charge on any atom is 0.331 e. The summed E-state index contributed by atoms with van der Waals surface area (Å²) >= 11 is 6.20. The fourth-order valence-corrected chi connectivity index (χ4v) is 2.97. The van der Waals surface area contributed by atoms with Gasteiger partial charge in [0, 0.05) is 7.11 Å². The van der Waals surface area contributed by atoms with Crippen LogP contribution in [0.25, 0.3) is 0 Å².